The number of anilines is 1. The molecule has 2 aromatic carbocycles. The molecule has 1 fully saturated rings. The third kappa shape index (κ3) is 5.30. The summed E-state index contributed by atoms with van der Waals surface area (Å²) in [4.78, 5) is 25.8. The number of benzene rings is 2. The van der Waals surface area contributed by atoms with Gasteiger partial charge in [0.15, 0.2) is 0 Å². The van der Waals surface area contributed by atoms with Gasteiger partial charge in [-0.2, -0.15) is 0 Å². The zero-order valence-electron chi connectivity index (χ0n) is 15.5. The van der Waals surface area contributed by atoms with Crippen LogP contribution in [0.5, 0.6) is 0 Å². The first kappa shape index (κ1) is 20.3. The largest absolute Gasteiger partial charge is 0.369 e. The Morgan fingerprint density at radius 2 is 1.89 bits per heavy atom. The SMILES string of the molecule is NC(=O)C1CCN(Cc2cccc(NC(=O)Cc3c(F)cccc3Cl)c2)CC1. The minimum absolute atomic E-state index is 0.0351. The van der Waals surface area contributed by atoms with Crippen molar-refractivity contribution in [1.82, 2.24) is 4.90 Å². The number of nitrogens with one attached hydrogen (secondary N) is 1. The average Bonchev–Trinajstić information content (AvgIpc) is 2.65. The smallest absolute Gasteiger partial charge is 0.228 e. The number of amides is 2. The van der Waals surface area contributed by atoms with Crippen LogP contribution in [0.3, 0.4) is 0 Å². The molecule has 0 aliphatic carbocycles. The summed E-state index contributed by atoms with van der Waals surface area (Å²) in [5, 5.41) is 3.04. The molecule has 3 N–H and O–H groups in total. The van der Waals surface area contributed by atoms with Crippen molar-refractivity contribution in [2.75, 3.05) is 18.4 Å². The molecule has 0 atom stereocenters. The second kappa shape index (κ2) is 9.17. The first-order chi connectivity index (χ1) is 13.4. The van der Waals surface area contributed by atoms with Gasteiger partial charge in [0.25, 0.3) is 0 Å². The second-order valence-electron chi connectivity index (χ2n) is 7.08. The van der Waals surface area contributed by atoms with Crippen LogP contribution in [0.4, 0.5) is 10.1 Å². The predicted octanol–water partition coefficient (Wildman–Crippen LogP) is 3.36. The quantitative estimate of drug-likeness (QED) is 0.776. The van der Waals surface area contributed by atoms with Crippen molar-refractivity contribution in [2.24, 2.45) is 11.7 Å². The highest BCUT2D eigenvalue weighted by molar-refractivity contribution is 6.31. The van der Waals surface area contributed by atoms with Gasteiger partial charge < -0.3 is 11.1 Å². The molecular formula is C21H23ClFN3O2. The van der Waals surface area contributed by atoms with Crippen LogP contribution in [-0.4, -0.2) is 29.8 Å². The van der Waals surface area contributed by atoms with Crippen LogP contribution in [0.1, 0.15) is 24.0 Å². The molecule has 2 amide bonds. The molecule has 148 valence electrons. The summed E-state index contributed by atoms with van der Waals surface area (Å²) in [6, 6.07) is 11.9. The minimum atomic E-state index is -0.490. The van der Waals surface area contributed by atoms with E-state index in [9.17, 15) is 14.0 Å². The summed E-state index contributed by atoms with van der Waals surface area (Å²) in [5.41, 5.74) is 7.28. The Morgan fingerprint density at radius 1 is 1.18 bits per heavy atom. The number of halogens is 2. The maximum Gasteiger partial charge on any atom is 0.228 e. The van der Waals surface area contributed by atoms with Crippen LogP contribution >= 0.6 is 11.6 Å². The molecule has 0 bridgehead atoms. The Balaban J connectivity index is 1.57. The van der Waals surface area contributed by atoms with E-state index in [1.807, 2.05) is 18.2 Å². The number of rotatable bonds is 6. The fourth-order valence-corrected chi connectivity index (χ4v) is 3.68. The number of hydrogen-bond donors (Lipinski definition) is 2. The average molecular weight is 404 g/mol. The molecule has 2 aromatic rings. The Hall–Kier alpha value is -2.44. The topological polar surface area (TPSA) is 75.4 Å². The van der Waals surface area contributed by atoms with Crippen LogP contribution in [0.25, 0.3) is 0 Å². The normalized spacial score (nSPS) is 15.4. The van der Waals surface area contributed by atoms with Gasteiger partial charge in [0, 0.05) is 28.7 Å². The number of likely N-dealkylation sites (tertiary alicyclic amines) is 1. The lowest BCUT2D eigenvalue weighted by Crippen LogP contribution is -2.38. The summed E-state index contributed by atoms with van der Waals surface area (Å²) >= 11 is 5.99. The van der Waals surface area contributed by atoms with Crippen LogP contribution < -0.4 is 11.1 Å². The van der Waals surface area contributed by atoms with E-state index in [1.54, 1.807) is 12.1 Å². The molecule has 0 saturated carbocycles. The van der Waals surface area contributed by atoms with Gasteiger partial charge in [-0.1, -0.05) is 29.8 Å². The predicted molar refractivity (Wildman–Crippen MR) is 107 cm³/mol. The van der Waals surface area contributed by atoms with Gasteiger partial charge in [-0.25, -0.2) is 4.39 Å². The van der Waals surface area contributed by atoms with Gasteiger partial charge in [0.1, 0.15) is 5.82 Å². The van der Waals surface area contributed by atoms with E-state index in [0.717, 1.165) is 38.0 Å². The van der Waals surface area contributed by atoms with Gasteiger partial charge >= 0.3 is 0 Å². The van der Waals surface area contributed by atoms with E-state index < -0.39 is 5.82 Å². The van der Waals surface area contributed by atoms with Crippen LogP contribution in [0.2, 0.25) is 5.02 Å². The van der Waals surface area contributed by atoms with Crippen molar-refractivity contribution < 1.29 is 14.0 Å². The zero-order valence-corrected chi connectivity index (χ0v) is 16.2. The van der Waals surface area contributed by atoms with E-state index in [0.29, 0.717) is 5.69 Å². The third-order valence-electron chi connectivity index (χ3n) is 5.01. The van der Waals surface area contributed by atoms with E-state index in [4.69, 9.17) is 17.3 Å². The highest BCUT2D eigenvalue weighted by atomic mass is 35.5. The fraction of sp³-hybridized carbons (Fsp3) is 0.333. The van der Waals surface area contributed by atoms with Crippen molar-refractivity contribution in [1.29, 1.82) is 0 Å². The lowest BCUT2D eigenvalue weighted by atomic mass is 9.96. The van der Waals surface area contributed by atoms with E-state index in [-0.39, 0.29) is 34.7 Å². The van der Waals surface area contributed by atoms with Crippen LogP contribution in [0.15, 0.2) is 42.5 Å². The van der Waals surface area contributed by atoms with Crippen molar-refractivity contribution in [2.45, 2.75) is 25.8 Å². The number of nitrogens with zero attached hydrogens (tertiary/aromatic N) is 1. The number of primary amides is 1. The summed E-state index contributed by atoms with van der Waals surface area (Å²) in [6.45, 7) is 2.36. The van der Waals surface area contributed by atoms with E-state index in [1.165, 1.54) is 12.1 Å². The minimum Gasteiger partial charge on any atom is -0.369 e. The van der Waals surface area contributed by atoms with E-state index in [2.05, 4.69) is 10.2 Å². The summed E-state index contributed by atoms with van der Waals surface area (Å²) < 4.78 is 13.9. The molecule has 0 aromatic heterocycles. The standard InChI is InChI=1S/C21H23ClFN3O2/c22-18-5-2-6-19(23)17(18)12-20(27)25-16-4-1-3-14(11-16)13-26-9-7-15(8-10-26)21(24)28/h1-6,11,15H,7-10,12-13H2,(H2,24,28)(H,25,27). The highest BCUT2D eigenvalue weighted by Gasteiger charge is 2.23. The Labute approximate surface area is 168 Å². The maximum atomic E-state index is 13.9. The molecule has 0 spiro atoms. The molecule has 0 radical (unpaired) electrons. The maximum absolute atomic E-state index is 13.9. The number of carbonyl (C=O) groups is 2. The molecule has 7 heteroatoms. The monoisotopic (exact) mass is 403 g/mol. The van der Waals surface area contributed by atoms with Crippen molar-refractivity contribution >= 4 is 29.1 Å². The molecule has 0 unspecified atom stereocenters. The number of nitrogens with two attached hydrogens (primary N) is 1. The van der Waals surface area contributed by atoms with Gasteiger partial charge in [-0.3, -0.25) is 14.5 Å². The molecule has 3 rings (SSSR count). The number of piperidine rings is 1. The Kier molecular flexibility index (Phi) is 6.65. The molecule has 1 saturated heterocycles. The van der Waals surface area contributed by atoms with Crippen molar-refractivity contribution in [3.8, 4) is 0 Å². The first-order valence-electron chi connectivity index (χ1n) is 9.25. The third-order valence-corrected chi connectivity index (χ3v) is 5.36. The molecule has 1 heterocycles. The van der Waals surface area contributed by atoms with Gasteiger partial charge in [-0.05, 0) is 55.8 Å². The van der Waals surface area contributed by atoms with Crippen molar-refractivity contribution in [3.05, 3.63) is 64.4 Å². The van der Waals surface area contributed by atoms with Gasteiger partial charge in [-0.15, -0.1) is 0 Å². The van der Waals surface area contributed by atoms with E-state index >= 15 is 0 Å². The fourth-order valence-electron chi connectivity index (χ4n) is 3.45. The number of hydrogen-bond acceptors (Lipinski definition) is 3. The zero-order chi connectivity index (χ0) is 20.1. The summed E-state index contributed by atoms with van der Waals surface area (Å²) in [7, 11) is 0. The molecule has 1 aliphatic rings. The second-order valence-corrected chi connectivity index (χ2v) is 7.49. The molecular weight excluding hydrogens is 381 g/mol. The first-order valence-corrected chi connectivity index (χ1v) is 9.63. The highest BCUT2D eigenvalue weighted by Crippen LogP contribution is 2.22. The van der Waals surface area contributed by atoms with Crippen LogP contribution in [0, 0.1) is 11.7 Å². The Bertz CT molecular complexity index is 846. The molecule has 1 aliphatic heterocycles. The lowest BCUT2D eigenvalue weighted by Gasteiger charge is -2.30. The van der Waals surface area contributed by atoms with Gasteiger partial charge in [0.05, 0.1) is 6.42 Å². The summed E-state index contributed by atoms with van der Waals surface area (Å²) in [6.07, 6.45) is 1.42. The van der Waals surface area contributed by atoms with Gasteiger partial charge in [0.2, 0.25) is 11.8 Å². The Morgan fingerprint density at radius 3 is 2.57 bits per heavy atom. The number of carbonyl (C=O) groups excluding carboxylic acids is 2. The van der Waals surface area contributed by atoms with Crippen molar-refractivity contribution in [3.63, 3.8) is 0 Å². The lowest BCUT2D eigenvalue weighted by molar-refractivity contribution is -0.123. The molecule has 5 nitrogen and oxygen atoms in total. The summed E-state index contributed by atoms with van der Waals surface area (Å²) in [5.74, 6) is -1.08. The molecule has 28 heavy (non-hydrogen) atoms. The van der Waals surface area contributed by atoms with Crippen LogP contribution in [-0.2, 0) is 22.6 Å².